The fourth-order valence-electron chi connectivity index (χ4n) is 2.31. The van der Waals surface area contributed by atoms with Crippen LogP contribution in [0.1, 0.15) is 27.2 Å². The highest BCUT2D eigenvalue weighted by Gasteiger charge is 2.38. The molecule has 2 unspecified atom stereocenters. The summed E-state index contributed by atoms with van der Waals surface area (Å²) in [5, 5.41) is 2.75. The van der Waals surface area contributed by atoms with Crippen molar-refractivity contribution in [2.45, 2.75) is 27.2 Å². The summed E-state index contributed by atoms with van der Waals surface area (Å²) < 4.78 is 0. The van der Waals surface area contributed by atoms with Gasteiger partial charge in [-0.15, -0.1) is 0 Å². The minimum Gasteiger partial charge on any atom is -0.359 e. The summed E-state index contributed by atoms with van der Waals surface area (Å²) >= 11 is 0. The lowest BCUT2D eigenvalue weighted by atomic mass is 9.67. The maximum atomic E-state index is 11.6. The lowest BCUT2D eigenvalue weighted by Crippen LogP contribution is -2.42. The SMILES string of the molecule is CNC(=O)C1C(C)CC=CC1(C)C. The van der Waals surface area contributed by atoms with Crippen molar-refractivity contribution in [1.29, 1.82) is 0 Å². The molecule has 0 bridgehead atoms. The molecular formula is C11H19NO. The Morgan fingerprint density at radius 3 is 2.62 bits per heavy atom. The van der Waals surface area contributed by atoms with E-state index in [9.17, 15) is 4.79 Å². The molecule has 2 atom stereocenters. The molecule has 0 heterocycles. The van der Waals surface area contributed by atoms with Gasteiger partial charge in [0.25, 0.3) is 0 Å². The van der Waals surface area contributed by atoms with Gasteiger partial charge in [0, 0.05) is 13.0 Å². The van der Waals surface area contributed by atoms with Gasteiger partial charge < -0.3 is 5.32 Å². The van der Waals surface area contributed by atoms with Crippen LogP contribution in [0.5, 0.6) is 0 Å². The lowest BCUT2D eigenvalue weighted by Gasteiger charge is -2.37. The molecule has 0 radical (unpaired) electrons. The monoisotopic (exact) mass is 181 g/mol. The normalized spacial score (nSPS) is 31.4. The van der Waals surface area contributed by atoms with E-state index in [2.05, 4.69) is 38.2 Å². The molecule has 0 spiro atoms. The van der Waals surface area contributed by atoms with Gasteiger partial charge in [-0.1, -0.05) is 32.9 Å². The molecule has 1 amide bonds. The lowest BCUT2D eigenvalue weighted by molar-refractivity contribution is -0.129. The number of hydrogen-bond donors (Lipinski definition) is 1. The average Bonchev–Trinajstić information content (AvgIpc) is 2.02. The van der Waals surface area contributed by atoms with Crippen LogP contribution in [0.4, 0.5) is 0 Å². The predicted molar refractivity (Wildman–Crippen MR) is 54.3 cm³/mol. The van der Waals surface area contributed by atoms with Crippen molar-refractivity contribution in [3.8, 4) is 0 Å². The second kappa shape index (κ2) is 3.52. The highest BCUT2D eigenvalue weighted by molar-refractivity contribution is 5.80. The van der Waals surface area contributed by atoms with Crippen LogP contribution in [0.15, 0.2) is 12.2 Å². The second-order valence-electron chi connectivity index (χ2n) is 4.53. The van der Waals surface area contributed by atoms with Crippen molar-refractivity contribution in [3.63, 3.8) is 0 Å². The third kappa shape index (κ3) is 1.93. The van der Waals surface area contributed by atoms with Gasteiger partial charge in [-0.3, -0.25) is 4.79 Å². The molecule has 2 nitrogen and oxygen atoms in total. The van der Waals surface area contributed by atoms with Crippen LogP contribution < -0.4 is 5.32 Å². The minimum atomic E-state index is -0.00222. The van der Waals surface area contributed by atoms with E-state index in [1.165, 1.54) is 0 Å². The molecule has 13 heavy (non-hydrogen) atoms. The molecule has 1 N–H and O–H groups in total. The Balaban J connectivity index is 2.90. The summed E-state index contributed by atoms with van der Waals surface area (Å²) in [5.74, 6) is 0.726. The Hall–Kier alpha value is -0.790. The Labute approximate surface area is 80.4 Å². The number of rotatable bonds is 1. The van der Waals surface area contributed by atoms with Crippen LogP contribution in [-0.2, 0) is 4.79 Å². The number of hydrogen-bond acceptors (Lipinski definition) is 1. The molecule has 0 aromatic heterocycles. The van der Waals surface area contributed by atoms with Crippen LogP contribution in [0.2, 0.25) is 0 Å². The Morgan fingerprint density at radius 1 is 1.54 bits per heavy atom. The molecule has 1 rings (SSSR count). The van der Waals surface area contributed by atoms with Gasteiger partial charge in [-0.25, -0.2) is 0 Å². The highest BCUT2D eigenvalue weighted by Crippen LogP contribution is 2.39. The molecule has 0 aromatic carbocycles. The molecule has 74 valence electrons. The van der Waals surface area contributed by atoms with Crippen LogP contribution in [0, 0.1) is 17.3 Å². The first-order valence-corrected chi connectivity index (χ1v) is 4.88. The van der Waals surface area contributed by atoms with Crippen molar-refractivity contribution in [2.75, 3.05) is 7.05 Å². The molecule has 0 fully saturated rings. The Bertz CT molecular complexity index is 230. The number of carbonyl (C=O) groups excluding carboxylic acids is 1. The molecule has 0 aliphatic heterocycles. The van der Waals surface area contributed by atoms with Crippen LogP contribution >= 0.6 is 0 Å². The summed E-state index contributed by atoms with van der Waals surface area (Å²) in [4.78, 5) is 11.6. The van der Waals surface area contributed by atoms with Crippen LogP contribution in [0.3, 0.4) is 0 Å². The first-order valence-electron chi connectivity index (χ1n) is 4.88. The molecule has 1 aliphatic carbocycles. The number of carbonyl (C=O) groups is 1. The van der Waals surface area contributed by atoms with Crippen molar-refractivity contribution >= 4 is 5.91 Å². The zero-order chi connectivity index (χ0) is 10.1. The summed E-state index contributed by atoms with van der Waals surface area (Å²) in [5.41, 5.74) is -0.00222. The van der Waals surface area contributed by atoms with Gasteiger partial charge in [0.05, 0.1) is 0 Å². The first-order chi connectivity index (χ1) is 5.99. The number of amides is 1. The van der Waals surface area contributed by atoms with E-state index in [0.717, 1.165) is 6.42 Å². The summed E-state index contributed by atoms with van der Waals surface area (Å²) in [6, 6.07) is 0. The zero-order valence-corrected chi connectivity index (χ0v) is 8.92. The molecule has 0 saturated heterocycles. The van der Waals surface area contributed by atoms with Crippen molar-refractivity contribution in [1.82, 2.24) is 5.32 Å². The zero-order valence-electron chi connectivity index (χ0n) is 8.92. The van der Waals surface area contributed by atoms with E-state index in [1.54, 1.807) is 7.05 Å². The molecule has 0 aromatic rings. The smallest absolute Gasteiger partial charge is 0.223 e. The maximum Gasteiger partial charge on any atom is 0.223 e. The summed E-state index contributed by atoms with van der Waals surface area (Å²) in [6.07, 6.45) is 5.36. The summed E-state index contributed by atoms with van der Waals surface area (Å²) in [7, 11) is 1.71. The van der Waals surface area contributed by atoms with Gasteiger partial charge in [0.2, 0.25) is 5.91 Å². The van der Waals surface area contributed by atoms with Crippen LogP contribution in [0.25, 0.3) is 0 Å². The van der Waals surface area contributed by atoms with Gasteiger partial charge in [-0.05, 0) is 17.8 Å². The number of nitrogens with one attached hydrogen (secondary N) is 1. The first kappa shape index (κ1) is 10.3. The van der Waals surface area contributed by atoms with Crippen molar-refractivity contribution in [3.05, 3.63) is 12.2 Å². The van der Waals surface area contributed by atoms with Gasteiger partial charge >= 0.3 is 0 Å². The number of allylic oxidation sites excluding steroid dienone is 2. The quantitative estimate of drug-likeness (QED) is 0.616. The van der Waals surface area contributed by atoms with Gasteiger partial charge in [-0.2, -0.15) is 0 Å². The largest absolute Gasteiger partial charge is 0.359 e. The fraction of sp³-hybridized carbons (Fsp3) is 0.727. The Morgan fingerprint density at radius 2 is 2.15 bits per heavy atom. The molecule has 0 saturated carbocycles. The minimum absolute atomic E-state index is 0.00222. The standard InChI is InChI=1S/C11H19NO/c1-8-6-5-7-11(2,3)9(8)10(13)12-4/h5,7-9H,6H2,1-4H3,(H,12,13). The predicted octanol–water partition coefficient (Wildman–Crippen LogP) is 1.97. The molecule has 1 aliphatic rings. The van der Waals surface area contributed by atoms with Gasteiger partial charge in [0.1, 0.15) is 0 Å². The van der Waals surface area contributed by atoms with Crippen LogP contribution in [-0.4, -0.2) is 13.0 Å². The highest BCUT2D eigenvalue weighted by atomic mass is 16.1. The molecule has 2 heteroatoms. The summed E-state index contributed by atoms with van der Waals surface area (Å²) in [6.45, 7) is 6.39. The maximum absolute atomic E-state index is 11.6. The van der Waals surface area contributed by atoms with E-state index in [4.69, 9.17) is 0 Å². The van der Waals surface area contributed by atoms with E-state index >= 15 is 0 Å². The Kier molecular flexibility index (Phi) is 2.79. The topological polar surface area (TPSA) is 29.1 Å². The third-order valence-corrected chi connectivity index (χ3v) is 2.95. The van der Waals surface area contributed by atoms with E-state index < -0.39 is 0 Å². The average molecular weight is 181 g/mol. The van der Waals surface area contributed by atoms with E-state index in [1.807, 2.05) is 0 Å². The van der Waals surface area contributed by atoms with Crippen molar-refractivity contribution in [2.24, 2.45) is 17.3 Å². The van der Waals surface area contributed by atoms with E-state index in [-0.39, 0.29) is 17.2 Å². The third-order valence-electron chi connectivity index (χ3n) is 2.95. The molecular weight excluding hydrogens is 162 g/mol. The fourth-order valence-corrected chi connectivity index (χ4v) is 2.31. The van der Waals surface area contributed by atoms with Crippen molar-refractivity contribution < 1.29 is 4.79 Å². The van der Waals surface area contributed by atoms with Gasteiger partial charge in [0.15, 0.2) is 0 Å². The van der Waals surface area contributed by atoms with E-state index in [0.29, 0.717) is 5.92 Å². The second-order valence-corrected chi connectivity index (χ2v) is 4.53.